The number of likely N-dealkylation sites (N-methyl/N-ethyl adjacent to an activating group) is 1. The Hall–Kier alpha value is -4.45. The average Bonchev–Trinajstić information content (AvgIpc) is 3.22. The first-order chi connectivity index (χ1) is 17.5. The van der Waals surface area contributed by atoms with Gasteiger partial charge in [-0.25, -0.2) is 0 Å². The molecule has 2 amide bonds. The molecule has 0 aliphatic carbocycles. The van der Waals surface area contributed by atoms with Gasteiger partial charge in [0.2, 0.25) is 11.8 Å². The van der Waals surface area contributed by atoms with E-state index in [9.17, 15) is 9.59 Å². The van der Waals surface area contributed by atoms with Crippen LogP contribution in [0.5, 0.6) is 0 Å². The predicted octanol–water partition coefficient (Wildman–Crippen LogP) is 4.89. The number of carbonyl (C=O) groups is 2. The highest BCUT2D eigenvalue weighted by atomic mass is 16.2. The lowest BCUT2D eigenvalue weighted by atomic mass is 10.0. The largest absolute Gasteiger partial charge is 0.342 e. The molecule has 2 aromatic heterocycles. The van der Waals surface area contributed by atoms with Crippen LogP contribution in [0.1, 0.15) is 11.3 Å². The van der Waals surface area contributed by atoms with Gasteiger partial charge in [0.25, 0.3) is 0 Å². The molecule has 5 aromatic rings. The average molecular weight is 477 g/mol. The first kappa shape index (κ1) is 23.3. The zero-order chi connectivity index (χ0) is 25.1. The van der Waals surface area contributed by atoms with Gasteiger partial charge in [0.15, 0.2) is 0 Å². The molecular formula is C30H28N4O2. The van der Waals surface area contributed by atoms with Gasteiger partial charge in [-0.1, -0.05) is 54.6 Å². The van der Waals surface area contributed by atoms with Crippen LogP contribution < -0.4 is 10.2 Å². The van der Waals surface area contributed by atoms with Crippen molar-refractivity contribution in [2.24, 2.45) is 0 Å². The number of aryl methyl sites for hydroxylation is 1. The fraction of sp³-hybridized carbons (Fsp3) is 0.167. The van der Waals surface area contributed by atoms with E-state index in [4.69, 9.17) is 0 Å². The number of fused-ring (bicyclic) bond motifs is 2. The summed E-state index contributed by atoms with van der Waals surface area (Å²) in [7, 11) is 1.74. The summed E-state index contributed by atoms with van der Waals surface area (Å²) >= 11 is 0. The summed E-state index contributed by atoms with van der Waals surface area (Å²) in [5.74, 6) is -0.380. The fourth-order valence-electron chi connectivity index (χ4n) is 4.62. The molecule has 0 bridgehead atoms. The SMILES string of the molecule is Cc1cc2ccccc2n1CC(=O)N[C@@H](Cc1ccccc1)C(=O)N(C)c1ccc2ncccc2c1. The summed E-state index contributed by atoms with van der Waals surface area (Å²) in [5.41, 5.74) is 4.60. The molecule has 6 heteroatoms. The van der Waals surface area contributed by atoms with Crippen molar-refractivity contribution in [3.8, 4) is 0 Å². The third-order valence-electron chi connectivity index (χ3n) is 6.54. The van der Waals surface area contributed by atoms with Crippen LogP contribution in [0, 0.1) is 6.92 Å². The van der Waals surface area contributed by atoms with Crippen LogP contribution >= 0.6 is 0 Å². The molecule has 0 aliphatic rings. The second-order valence-electron chi connectivity index (χ2n) is 9.02. The number of para-hydroxylation sites is 1. The smallest absolute Gasteiger partial charge is 0.249 e. The van der Waals surface area contributed by atoms with Crippen LogP contribution in [0.25, 0.3) is 21.8 Å². The van der Waals surface area contributed by atoms with Crippen LogP contribution in [0.4, 0.5) is 5.69 Å². The van der Waals surface area contributed by atoms with Crippen LogP contribution in [-0.2, 0) is 22.6 Å². The first-order valence-corrected chi connectivity index (χ1v) is 12.0. The molecule has 36 heavy (non-hydrogen) atoms. The Morgan fingerprint density at radius 3 is 2.50 bits per heavy atom. The third-order valence-corrected chi connectivity index (χ3v) is 6.54. The number of nitrogens with one attached hydrogen (secondary N) is 1. The summed E-state index contributed by atoms with van der Waals surface area (Å²) in [6.45, 7) is 2.13. The monoisotopic (exact) mass is 476 g/mol. The van der Waals surface area contributed by atoms with Gasteiger partial charge in [0.05, 0.1) is 5.52 Å². The van der Waals surface area contributed by atoms with Gasteiger partial charge >= 0.3 is 0 Å². The van der Waals surface area contributed by atoms with E-state index in [1.54, 1.807) is 18.1 Å². The highest BCUT2D eigenvalue weighted by molar-refractivity contribution is 6.00. The zero-order valence-corrected chi connectivity index (χ0v) is 20.4. The second-order valence-corrected chi connectivity index (χ2v) is 9.02. The first-order valence-electron chi connectivity index (χ1n) is 12.0. The molecule has 0 fully saturated rings. The molecule has 2 heterocycles. The summed E-state index contributed by atoms with van der Waals surface area (Å²) in [6.07, 6.45) is 2.15. The quantitative estimate of drug-likeness (QED) is 0.364. The summed E-state index contributed by atoms with van der Waals surface area (Å²) < 4.78 is 1.98. The number of nitrogens with zero attached hydrogens (tertiary/aromatic N) is 3. The summed E-state index contributed by atoms with van der Waals surface area (Å²) in [5, 5.41) is 5.06. The number of hydrogen-bond donors (Lipinski definition) is 1. The van der Waals surface area contributed by atoms with E-state index >= 15 is 0 Å². The molecular weight excluding hydrogens is 448 g/mol. The predicted molar refractivity (Wildman–Crippen MR) is 144 cm³/mol. The lowest BCUT2D eigenvalue weighted by Crippen LogP contribution is -2.49. The second kappa shape index (κ2) is 10.0. The molecule has 1 N–H and O–H groups in total. The number of benzene rings is 3. The molecule has 0 aliphatic heterocycles. The topological polar surface area (TPSA) is 67.2 Å². The Bertz CT molecular complexity index is 1540. The van der Waals surface area contributed by atoms with E-state index in [0.717, 1.165) is 38.8 Å². The van der Waals surface area contributed by atoms with E-state index in [2.05, 4.69) is 16.4 Å². The summed E-state index contributed by atoms with van der Waals surface area (Å²) in [4.78, 5) is 32.9. The van der Waals surface area contributed by atoms with Crippen molar-refractivity contribution in [3.63, 3.8) is 0 Å². The number of rotatable bonds is 7. The van der Waals surface area contributed by atoms with E-state index in [-0.39, 0.29) is 18.4 Å². The van der Waals surface area contributed by atoms with Crippen molar-refractivity contribution in [2.75, 3.05) is 11.9 Å². The van der Waals surface area contributed by atoms with Crippen LogP contribution in [-0.4, -0.2) is 34.5 Å². The fourth-order valence-corrected chi connectivity index (χ4v) is 4.62. The zero-order valence-electron chi connectivity index (χ0n) is 20.4. The van der Waals surface area contributed by atoms with E-state index in [0.29, 0.717) is 6.42 Å². The number of amides is 2. The van der Waals surface area contributed by atoms with Crippen molar-refractivity contribution in [3.05, 3.63) is 108 Å². The molecule has 3 aromatic carbocycles. The Morgan fingerprint density at radius 2 is 1.67 bits per heavy atom. The maximum atomic E-state index is 13.7. The molecule has 0 spiro atoms. The van der Waals surface area contributed by atoms with Gasteiger partial charge in [-0.15, -0.1) is 0 Å². The Morgan fingerprint density at radius 1 is 0.917 bits per heavy atom. The summed E-state index contributed by atoms with van der Waals surface area (Å²) in [6, 6.07) is 28.7. The number of carbonyl (C=O) groups excluding carboxylic acids is 2. The molecule has 6 nitrogen and oxygen atoms in total. The highest BCUT2D eigenvalue weighted by Gasteiger charge is 2.26. The number of anilines is 1. The molecule has 5 rings (SSSR count). The van der Waals surface area contributed by atoms with Crippen molar-refractivity contribution >= 4 is 39.3 Å². The normalized spacial score (nSPS) is 11.9. The lowest BCUT2D eigenvalue weighted by Gasteiger charge is -2.25. The van der Waals surface area contributed by atoms with Gasteiger partial charge in [0, 0.05) is 41.9 Å². The minimum atomic E-state index is -0.711. The van der Waals surface area contributed by atoms with Crippen LogP contribution in [0.3, 0.4) is 0 Å². The maximum absolute atomic E-state index is 13.7. The standard InChI is InChI=1S/C30H28N4O2/c1-21-17-24-11-6-7-13-28(24)34(21)20-29(35)32-27(18-22-9-4-3-5-10-22)30(36)33(2)25-14-15-26-23(19-25)12-8-16-31-26/h3-17,19,27H,18,20H2,1-2H3,(H,32,35)/t27-/m0/s1. The Kier molecular flexibility index (Phi) is 6.50. The third kappa shape index (κ3) is 4.84. The minimum absolute atomic E-state index is 0.142. The van der Waals surface area contributed by atoms with E-state index in [1.165, 1.54) is 0 Å². The van der Waals surface area contributed by atoms with Crippen molar-refractivity contribution in [1.82, 2.24) is 14.9 Å². The molecule has 180 valence electrons. The van der Waals surface area contributed by atoms with E-state index < -0.39 is 6.04 Å². The van der Waals surface area contributed by atoms with Gasteiger partial charge < -0.3 is 14.8 Å². The molecule has 1 atom stereocenters. The van der Waals surface area contributed by atoms with Gasteiger partial charge in [-0.3, -0.25) is 14.6 Å². The van der Waals surface area contributed by atoms with Gasteiger partial charge in [0.1, 0.15) is 12.6 Å². The van der Waals surface area contributed by atoms with Crippen molar-refractivity contribution in [1.29, 1.82) is 0 Å². The highest BCUT2D eigenvalue weighted by Crippen LogP contribution is 2.22. The Balaban J connectivity index is 1.40. The van der Waals surface area contributed by atoms with Gasteiger partial charge in [-0.2, -0.15) is 0 Å². The Labute approximate surface area is 210 Å². The number of pyridine rings is 1. The van der Waals surface area contributed by atoms with Crippen molar-refractivity contribution < 1.29 is 9.59 Å². The lowest BCUT2D eigenvalue weighted by molar-refractivity contribution is -0.127. The molecule has 0 saturated carbocycles. The maximum Gasteiger partial charge on any atom is 0.249 e. The van der Waals surface area contributed by atoms with E-state index in [1.807, 2.05) is 96.4 Å². The van der Waals surface area contributed by atoms with Crippen LogP contribution in [0.2, 0.25) is 0 Å². The number of aromatic nitrogens is 2. The van der Waals surface area contributed by atoms with Crippen molar-refractivity contribution in [2.45, 2.75) is 25.9 Å². The molecule has 0 unspecified atom stereocenters. The minimum Gasteiger partial charge on any atom is -0.342 e. The number of hydrogen-bond acceptors (Lipinski definition) is 3. The molecule has 0 radical (unpaired) electrons. The van der Waals surface area contributed by atoms with Gasteiger partial charge in [-0.05, 0) is 54.3 Å². The van der Waals surface area contributed by atoms with Crippen LogP contribution in [0.15, 0.2) is 97.2 Å². The molecule has 0 saturated heterocycles.